The predicted molar refractivity (Wildman–Crippen MR) is 72.6 cm³/mol. The molecule has 2 rings (SSSR count). The fourth-order valence-corrected chi connectivity index (χ4v) is 3.24. The molecule has 1 aliphatic rings. The molecule has 1 saturated heterocycles. The van der Waals surface area contributed by atoms with Crippen LogP contribution in [0.3, 0.4) is 0 Å². The summed E-state index contributed by atoms with van der Waals surface area (Å²) >= 11 is 1.29. The Morgan fingerprint density at radius 2 is 2.19 bits per heavy atom. The van der Waals surface area contributed by atoms with E-state index in [-0.39, 0.29) is 16.7 Å². The minimum Gasteiger partial charge on any atom is -0.480 e. The number of carbonyl (C=O) groups is 2. The van der Waals surface area contributed by atoms with E-state index in [2.05, 4.69) is 0 Å². The van der Waals surface area contributed by atoms with Crippen LogP contribution in [0.4, 0.5) is 10.1 Å². The maximum absolute atomic E-state index is 13.3. The monoisotopic (exact) mass is 314 g/mol. The molecule has 0 saturated carbocycles. The van der Waals surface area contributed by atoms with Crippen molar-refractivity contribution < 1.29 is 24.0 Å². The van der Waals surface area contributed by atoms with Gasteiger partial charge in [0.05, 0.1) is 10.3 Å². The molecule has 0 bridgehead atoms. The van der Waals surface area contributed by atoms with Gasteiger partial charge in [-0.05, 0) is 19.1 Å². The molecule has 0 aromatic heterocycles. The van der Waals surface area contributed by atoms with Crippen LogP contribution in [0.2, 0.25) is 0 Å². The van der Waals surface area contributed by atoms with Crippen LogP contribution in [-0.4, -0.2) is 44.0 Å². The van der Waals surface area contributed by atoms with Crippen LogP contribution in [0.15, 0.2) is 18.2 Å². The molecule has 1 aromatic rings. The highest BCUT2D eigenvalue weighted by atomic mass is 32.2. The van der Waals surface area contributed by atoms with Crippen molar-refractivity contribution in [2.24, 2.45) is 0 Å². The highest BCUT2D eigenvalue weighted by Crippen LogP contribution is 2.31. The molecule has 1 aliphatic heterocycles. The lowest BCUT2D eigenvalue weighted by Crippen LogP contribution is -2.44. The van der Waals surface area contributed by atoms with Gasteiger partial charge in [-0.15, -0.1) is 11.8 Å². The van der Waals surface area contributed by atoms with E-state index in [9.17, 15) is 24.1 Å². The zero-order valence-electron chi connectivity index (χ0n) is 10.9. The number of halogens is 1. The van der Waals surface area contributed by atoms with Gasteiger partial charge in [0, 0.05) is 17.4 Å². The Balaban J connectivity index is 2.37. The third-order valence-electron chi connectivity index (χ3n) is 3.13. The summed E-state index contributed by atoms with van der Waals surface area (Å²) in [6, 6.07) is 1.77. The summed E-state index contributed by atoms with van der Waals surface area (Å²) in [4.78, 5) is 34.4. The van der Waals surface area contributed by atoms with Crippen LogP contribution >= 0.6 is 11.8 Å². The lowest BCUT2D eigenvalue weighted by molar-refractivity contribution is -0.387. The Hall–Kier alpha value is -2.16. The molecule has 1 fully saturated rings. The fraction of sp³-hybridized carbons (Fsp3) is 0.333. The van der Waals surface area contributed by atoms with Gasteiger partial charge < -0.3 is 10.0 Å². The summed E-state index contributed by atoms with van der Waals surface area (Å²) in [7, 11) is 0. The summed E-state index contributed by atoms with van der Waals surface area (Å²) in [5, 5.41) is 19.4. The first-order valence-electron chi connectivity index (χ1n) is 5.94. The van der Waals surface area contributed by atoms with Gasteiger partial charge >= 0.3 is 11.7 Å². The minimum atomic E-state index is -1.14. The maximum atomic E-state index is 13.3. The number of nitro benzene ring substituents is 1. The average molecular weight is 314 g/mol. The molecule has 2 unspecified atom stereocenters. The SMILES string of the molecule is CC1SCC(C(=O)O)N1C(=O)c1ccc(F)c([N+](=O)[O-])c1. The number of carbonyl (C=O) groups excluding carboxylic acids is 1. The van der Waals surface area contributed by atoms with Crippen LogP contribution in [0.1, 0.15) is 17.3 Å². The van der Waals surface area contributed by atoms with E-state index in [1.54, 1.807) is 6.92 Å². The summed E-state index contributed by atoms with van der Waals surface area (Å²) < 4.78 is 13.3. The lowest BCUT2D eigenvalue weighted by Gasteiger charge is -2.24. The zero-order valence-corrected chi connectivity index (χ0v) is 11.7. The molecule has 21 heavy (non-hydrogen) atoms. The second-order valence-electron chi connectivity index (χ2n) is 4.42. The molecule has 2 atom stereocenters. The summed E-state index contributed by atoms with van der Waals surface area (Å²) in [5.41, 5.74) is -0.920. The van der Waals surface area contributed by atoms with Gasteiger partial charge in [0.15, 0.2) is 0 Å². The quantitative estimate of drug-likeness (QED) is 0.673. The number of benzene rings is 1. The van der Waals surface area contributed by atoms with E-state index in [4.69, 9.17) is 5.11 Å². The van der Waals surface area contributed by atoms with E-state index >= 15 is 0 Å². The normalized spacial score (nSPS) is 21.3. The third-order valence-corrected chi connectivity index (χ3v) is 4.35. The van der Waals surface area contributed by atoms with Crippen LogP contribution in [0.5, 0.6) is 0 Å². The molecular formula is C12H11FN2O5S. The third kappa shape index (κ3) is 2.82. The summed E-state index contributed by atoms with van der Waals surface area (Å²) in [6.07, 6.45) is 0. The molecular weight excluding hydrogens is 303 g/mol. The molecule has 0 aliphatic carbocycles. The summed E-state index contributed by atoms with van der Waals surface area (Å²) in [6.45, 7) is 1.67. The first-order valence-corrected chi connectivity index (χ1v) is 6.99. The molecule has 9 heteroatoms. The van der Waals surface area contributed by atoms with Crippen LogP contribution in [0, 0.1) is 15.9 Å². The lowest BCUT2D eigenvalue weighted by atomic mass is 10.1. The van der Waals surface area contributed by atoms with Crippen molar-refractivity contribution in [2.75, 3.05) is 5.75 Å². The van der Waals surface area contributed by atoms with Gasteiger partial charge in [0.2, 0.25) is 5.82 Å². The topological polar surface area (TPSA) is 101 Å². The number of nitro groups is 1. The van der Waals surface area contributed by atoms with Gasteiger partial charge in [-0.25, -0.2) is 4.79 Å². The van der Waals surface area contributed by atoms with E-state index in [1.165, 1.54) is 11.8 Å². The Morgan fingerprint density at radius 1 is 1.52 bits per heavy atom. The number of amides is 1. The fourth-order valence-electron chi connectivity index (χ4n) is 2.08. The van der Waals surface area contributed by atoms with E-state index in [0.717, 1.165) is 23.1 Å². The molecule has 1 N–H and O–H groups in total. The number of carboxylic acids is 1. The number of hydrogen-bond donors (Lipinski definition) is 1. The van der Waals surface area contributed by atoms with Gasteiger partial charge in [0.25, 0.3) is 5.91 Å². The number of rotatable bonds is 3. The smallest absolute Gasteiger partial charge is 0.327 e. The Bertz CT molecular complexity index is 624. The van der Waals surface area contributed by atoms with Gasteiger partial charge in [-0.3, -0.25) is 14.9 Å². The van der Waals surface area contributed by atoms with Crippen molar-refractivity contribution in [1.82, 2.24) is 4.90 Å². The second kappa shape index (κ2) is 5.68. The highest BCUT2D eigenvalue weighted by molar-refractivity contribution is 8.00. The van der Waals surface area contributed by atoms with E-state index in [1.807, 2.05) is 0 Å². The first kappa shape index (κ1) is 15.2. The highest BCUT2D eigenvalue weighted by Gasteiger charge is 2.40. The van der Waals surface area contributed by atoms with Crippen molar-refractivity contribution in [3.8, 4) is 0 Å². The van der Waals surface area contributed by atoms with Crippen molar-refractivity contribution in [1.29, 1.82) is 0 Å². The van der Waals surface area contributed by atoms with Gasteiger partial charge in [-0.1, -0.05) is 0 Å². The van der Waals surface area contributed by atoms with Crippen molar-refractivity contribution in [3.63, 3.8) is 0 Å². The number of thioether (sulfide) groups is 1. The molecule has 1 amide bonds. The standard InChI is InChI=1S/C12H11FN2O5S/c1-6-14(10(5-21-6)12(17)18)11(16)7-2-3-8(13)9(4-7)15(19)20/h2-4,6,10H,5H2,1H3,(H,17,18). The second-order valence-corrected chi connectivity index (χ2v) is 5.77. The molecule has 0 radical (unpaired) electrons. The van der Waals surface area contributed by atoms with Crippen molar-refractivity contribution >= 4 is 29.3 Å². The number of aliphatic carboxylic acids is 1. The minimum absolute atomic E-state index is 0.108. The zero-order chi connectivity index (χ0) is 15.7. The van der Waals surface area contributed by atoms with Crippen molar-refractivity contribution in [3.05, 3.63) is 39.7 Å². The molecule has 112 valence electrons. The Morgan fingerprint density at radius 3 is 2.76 bits per heavy atom. The van der Waals surface area contributed by atoms with Gasteiger partial charge in [0.1, 0.15) is 6.04 Å². The predicted octanol–water partition coefficient (Wildman–Crippen LogP) is 1.72. The summed E-state index contributed by atoms with van der Waals surface area (Å²) in [5.74, 6) is -2.61. The molecule has 1 aromatic carbocycles. The molecule has 7 nitrogen and oxygen atoms in total. The van der Waals surface area contributed by atoms with Crippen LogP contribution < -0.4 is 0 Å². The molecule has 0 spiro atoms. The number of hydrogen-bond acceptors (Lipinski definition) is 5. The maximum Gasteiger partial charge on any atom is 0.327 e. The van der Waals surface area contributed by atoms with Crippen LogP contribution in [0.25, 0.3) is 0 Å². The van der Waals surface area contributed by atoms with E-state index < -0.39 is 34.3 Å². The largest absolute Gasteiger partial charge is 0.480 e. The van der Waals surface area contributed by atoms with Gasteiger partial charge in [-0.2, -0.15) is 4.39 Å². The van der Waals surface area contributed by atoms with Crippen LogP contribution in [-0.2, 0) is 4.79 Å². The first-order chi connectivity index (χ1) is 9.82. The van der Waals surface area contributed by atoms with E-state index in [0.29, 0.717) is 0 Å². The Labute approximate surface area is 122 Å². The average Bonchev–Trinajstić information content (AvgIpc) is 2.80. The Kier molecular flexibility index (Phi) is 4.12. The number of nitrogens with zero attached hydrogens (tertiary/aromatic N) is 2. The van der Waals surface area contributed by atoms with Crippen molar-refractivity contribution in [2.45, 2.75) is 18.3 Å². The molecule has 1 heterocycles. The number of carboxylic acid groups (broad SMARTS) is 1.